The van der Waals surface area contributed by atoms with E-state index in [-0.39, 0.29) is 11.9 Å². The van der Waals surface area contributed by atoms with Crippen molar-refractivity contribution in [2.45, 2.75) is 32.7 Å². The zero-order chi connectivity index (χ0) is 14.8. The van der Waals surface area contributed by atoms with Crippen LogP contribution < -0.4 is 4.90 Å². The van der Waals surface area contributed by atoms with E-state index in [1.165, 1.54) is 5.56 Å². The topological polar surface area (TPSA) is 45.7 Å². The van der Waals surface area contributed by atoms with Gasteiger partial charge in [0.1, 0.15) is 5.82 Å². The number of aromatic nitrogens is 1. The fourth-order valence-electron chi connectivity index (χ4n) is 3.37. The average molecular weight is 289 g/mol. The monoisotopic (exact) mass is 289 g/mol. The summed E-state index contributed by atoms with van der Waals surface area (Å²) < 4.78 is 5.39. The van der Waals surface area contributed by atoms with Gasteiger partial charge in [-0.15, -0.1) is 0 Å². The number of rotatable bonds is 2. The molecule has 3 rings (SSSR count). The number of nitrogens with zero attached hydrogens (tertiary/aromatic N) is 3. The molecule has 0 aromatic carbocycles. The molecule has 3 heterocycles. The molecule has 0 N–H and O–H groups in total. The van der Waals surface area contributed by atoms with Gasteiger partial charge < -0.3 is 14.5 Å². The van der Waals surface area contributed by atoms with E-state index in [1.807, 2.05) is 11.1 Å². The van der Waals surface area contributed by atoms with Crippen molar-refractivity contribution in [2.24, 2.45) is 0 Å². The second-order valence-electron chi connectivity index (χ2n) is 5.88. The molecule has 114 valence electrons. The summed E-state index contributed by atoms with van der Waals surface area (Å²) in [7, 11) is 0. The molecule has 0 saturated carbocycles. The molecule has 1 amide bonds. The lowest BCUT2D eigenvalue weighted by atomic mass is 10.0. The highest BCUT2D eigenvalue weighted by atomic mass is 16.5. The van der Waals surface area contributed by atoms with Gasteiger partial charge in [-0.05, 0) is 37.0 Å². The Labute approximate surface area is 125 Å². The quantitative estimate of drug-likeness (QED) is 0.834. The van der Waals surface area contributed by atoms with Crippen LogP contribution in [0.15, 0.2) is 12.3 Å². The van der Waals surface area contributed by atoms with Crippen LogP contribution in [-0.4, -0.2) is 48.6 Å². The predicted octanol–water partition coefficient (Wildman–Crippen LogP) is 1.91. The molecule has 0 bridgehead atoms. The Balaban J connectivity index is 1.82. The van der Waals surface area contributed by atoms with Crippen LogP contribution in [0, 0.1) is 6.92 Å². The maximum absolute atomic E-state index is 11.7. The van der Waals surface area contributed by atoms with E-state index < -0.39 is 0 Å². The van der Waals surface area contributed by atoms with Crippen molar-refractivity contribution in [1.29, 1.82) is 0 Å². The van der Waals surface area contributed by atoms with Crippen LogP contribution in [0.5, 0.6) is 0 Å². The molecule has 21 heavy (non-hydrogen) atoms. The summed E-state index contributed by atoms with van der Waals surface area (Å²) in [4.78, 5) is 20.6. The Bertz CT molecular complexity index is 526. The first kappa shape index (κ1) is 14.3. The third-order valence-corrected chi connectivity index (χ3v) is 4.42. The molecule has 0 unspecified atom stereocenters. The number of hydrogen-bond acceptors (Lipinski definition) is 4. The summed E-state index contributed by atoms with van der Waals surface area (Å²) in [6.45, 7) is 7.96. The Morgan fingerprint density at radius 3 is 2.76 bits per heavy atom. The van der Waals surface area contributed by atoms with Crippen LogP contribution in [0.2, 0.25) is 0 Å². The minimum absolute atomic E-state index is 0.160. The smallest absolute Gasteiger partial charge is 0.219 e. The van der Waals surface area contributed by atoms with E-state index >= 15 is 0 Å². The van der Waals surface area contributed by atoms with Crippen molar-refractivity contribution < 1.29 is 9.53 Å². The third kappa shape index (κ3) is 2.88. The highest BCUT2D eigenvalue weighted by Crippen LogP contribution is 2.33. The van der Waals surface area contributed by atoms with E-state index in [1.54, 1.807) is 6.92 Å². The van der Waals surface area contributed by atoms with Gasteiger partial charge in [-0.2, -0.15) is 0 Å². The summed E-state index contributed by atoms with van der Waals surface area (Å²) >= 11 is 0. The lowest BCUT2D eigenvalue weighted by Crippen LogP contribution is -2.37. The summed E-state index contributed by atoms with van der Waals surface area (Å²) in [6.07, 6.45) is 4.07. The number of hydrogen-bond donors (Lipinski definition) is 0. The van der Waals surface area contributed by atoms with Gasteiger partial charge in [0.25, 0.3) is 0 Å². The van der Waals surface area contributed by atoms with Crippen molar-refractivity contribution in [2.75, 3.05) is 37.7 Å². The number of carbonyl (C=O) groups excluding carboxylic acids is 1. The lowest BCUT2D eigenvalue weighted by Gasteiger charge is -2.30. The molecule has 2 fully saturated rings. The van der Waals surface area contributed by atoms with E-state index in [0.29, 0.717) is 0 Å². The molecule has 0 aliphatic carbocycles. The molecule has 5 nitrogen and oxygen atoms in total. The maximum Gasteiger partial charge on any atom is 0.219 e. The van der Waals surface area contributed by atoms with Crippen molar-refractivity contribution in [3.05, 3.63) is 23.4 Å². The standard InChI is InChI=1S/C16H23N3O2/c1-12-10-14(15-4-3-5-19(15)13(2)20)11-17-16(12)18-6-8-21-9-7-18/h10-11,15H,3-9H2,1-2H3/t15-/m1/s1. The van der Waals surface area contributed by atoms with Crippen LogP contribution in [0.4, 0.5) is 5.82 Å². The minimum Gasteiger partial charge on any atom is -0.378 e. The number of aryl methyl sites for hydroxylation is 1. The summed E-state index contributed by atoms with van der Waals surface area (Å²) in [5, 5.41) is 0. The zero-order valence-corrected chi connectivity index (χ0v) is 12.8. The number of carbonyl (C=O) groups is 1. The number of ether oxygens (including phenoxy) is 1. The molecule has 0 spiro atoms. The Kier molecular flexibility index (Phi) is 4.10. The third-order valence-electron chi connectivity index (χ3n) is 4.42. The molecular formula is C16H23N3O2. The highest BCUT2D eigenvalue weighted by Gasteiger charge is 2.28. The second-order valence-corrected chi connectivity index (χ2v) is 5.88. The SMILES string of the molecule is CC(=O)N1CCC[C@@H]1c1cnc(N2CCOCC2)c(C)c1. The zero-order valence-electron chi connectivity index (χ0n) is 12.8. The molecule has 2 aliphatic heterocycles. The van der Waals surface area contributed by atoms with Crippen LogP contribution in [-0.2, 0) is 9.53 Å². The first-order valence-corrected chi connectivity index (χ1v) is 7.73. The molecule has 2 saturated heterocycles. The lowest BCUT2D eigenvalue weighted by molar-refractivity contribution is -0.129. The van der Waals surface area contributed by atoms with E-state index in [9.17, 15) is 4.79 Å². The number of morpholine rings is 1. The Morgan fingerprint density at radius 1 is 1.33 bits per heavy atom. The fourth-order valence-corrected chi connectivity index (χ4v) is 3.37. The molecule has 2 aliphatic rings. The normalized spacial score (nSPS) is 22.7. The van der Waals surface area contributed by atoms with Gasteiger partial charge in [0, 0.05) is 32.8 Å². The van der Waals surface area contributed by atoms with Gasteiger partial charge >= 0.3 is 0 Å². The van der Waals surface area contributed by atoms with Crippen LogP contribution >= 0.6 is 0 Å². The van der Waals surface area contributed by atoms with Gasteiger partial charge in [0.15, 0.2) is 0 Å². The van der Waals surface area contributed by atoms with Crippen LogP contribution in [0.1, 0.15) is 36.9 Å². The Hall–Kier alpha value is -1.62. The highest BCUT2D eigenvalue weighted by molar-refractivity contribution is 5.74. The molecule has 1 aromatic rings. The van der Waals surface area contributed by atoms with E-state index in [4.69, 9.17) is 4.74 Å². The van der Waals surface area contributed by atoms with Gasteiger partial charge in [0.2, 0.25) is 5.91 Å². The van der Waals surface area contributed by atoms with Gasteiger partial charge in [0.05, 0.1) is 19.3 Å². The van der Waals surface area contributed by atoms with Crippen molar-refractivity contribution >= 4 is 11.7 Å². The number of amides is 1. The molecule has 5 heteroatoms. The number of anilines is 1. The van der Waals surface area contributed by atoms with Crippen LogP contribution in [0.3, 0.4) is 0 Å². The summed E-state index contributed by atoms with van der Waals surface area (Å²) in [5.41, 5.74) is 2.35. The molecule has 0 radical (unpaired) electrons. The first-order valence-electron chi connectivity index (χ1n) is 7.73. The average Bonchev–Trinajstić information content (AvgIpc) is 2.97. The van der Waals surface area contributed by atoms with Gasteiger partial charge in [-0.3, -0.25) is 4.79 Å². The Morgan fingerprint density at radius 2 is 2.10 bits per heavy atom. The van der Waals surface area contributed by atoms with Crippen molar-refractivity contribution in [3.63, 3.8) is 0 Å². The van der Waals surface area contributed by atoms with E-state index in [2.05, 4.69) is 22.9 Å². The van der Waals surface area contributed by atoms with E-state index in [0.717, 1.165) is 57.1 Å². The van der Waals surface area contributed by atoms with Gasteiger partial charge in [-0.1, -0.05) is 0 Å². The largest absolute Gasteiger partial charge is 0.378 e. The summed E-state index contributed by atoms with van der Waals surface area (Å²) in [5.74, 6) is 1.21. The second kappa shape index (κ2) is 6.02. The molecule has 1 aromatic heterocycles. The van der Waals surface area contributed by atoms with Crippen molar-refractivity contribution in [1.82, 2.24) is 9.88 Å². The fraction of sp³-hybridized carbons (Fsp3) is 0.625. The minimum atomic E-state index is 0.160. The number of pyridine rings is 1. The maximum atomic E-state index is 11.7. The predicted molar refractivity (Wildman–Crippen MR) is 81.4 cm³/mol. The summed E-state index contributed by atoms with van der Waals surface area (Å²) in [6, 6.07) is 2.40. The van der Waals surface area contributed by atoms with Crippen molar-refractivity contribution in [3.8, 4) is 0 Å². The first-order chi connectivity index (χ1) is 10.2. The van der Waals surface area contributed by atoms with Gasteiger partial charge in [-0.25, -0.2) is 4.98 Å². The number of likely N-dealkylation sites (tertiary alicyclic amines) is 1. The molecule has 1 atom stereocenters. The van der Waals surface area contributed by atoms with Crippen LogP contribution in [0.25, 0.3) is 0 Å². The molecular weight excluding hydrogens is 266 g/mol.